The molecule has 7 nitrogen and oxygen atoms in total. The van der Waals surface area contributed by atoms with Crippen LogP contribution in [0.1, 0.15) is 87.5 Å². The molecule has 0 saturated heterocycles. The van der Waals surface area contributed by atoms with Crippen molar-refractivity contribution in [1.82, 2.24) is 0 Å². The Kier molecular flexibility index (Phi) is 13.4. The number of benzene rings is 1. The molecule has 0 saturated carbocycles. The third kappa shape index (κ3) is 9.18. The Balaban J connectivity index is 2.82. The van der Waals surface area contributed by atoms with Crippen molar-refractivity contribution in [2.24, 2.45) is 0 Å². The summed E-state index contributed by atoms with van der Waals surface area (Å²) in [5, 5.41) is 19.9. The number of carbonyl (C=O) groups excluding carboxylic acids is 2. The van der Waals surface area contributed by atoms with E-state index in [9.17, 15) is 19.8 Å². The highest BCUT2D eigenvalue weighted by atomic mass is 16.5. The largest absolute Gasteiger partial charge is 0.496 e. The Morgan fingerprint density at radius 3 is 1.79 bits per heavy atom. The third-order valence-corrected chi connectivity index (χ3v) is 5.67. The number of rotatable bonds is 15. The molecule has 0 bridgehead atoms. The summed E-state index contributed by atoms with van der Waals surface area (Å²) < 4.78 is 15.9. The minimum absolute atomic E-state index is 0.179. The van der Waals surface area contributed by atoms with Crippen molar-refractivity contribution < 1.29 is 34.0 Å². The van der Waals surface area contributed by atoms with E-state index in [1.165, 1.54) is 14.2 Å². The van der Waals surface area contributed by atoms with E-state index in [2.05, 4.69) is 4.74 Å². The maximum atomic E-state index is 12.6. The summed E-state index contributed by atoms with van der Waals surface area (Å²) in [5.41, 5.74) is 3.50. The highest BCUT2D eigenvalue weighted by molar-refractivity contribution is 5.74. The predicted octanol–water partition coefficient (Wildman–Crippen LogP) is 4.70. The number of esters is 2. The first kappa shape index (κ1) is 28.7. The van der Waals surface area contributed by atoms with Gasteiger partial charge in [-0.15, -0.1) is 0 Å². The second-order valence-corrected chi connectivity index (χ2v) is 8.40. The minimum atomic E-state index is -0.372. The van der Waals surface area contributed by atoms with Crippen LogP contribution in [-0.2, 0) is 34.0 Å². The highest BCUT2D eigenvalue weighted by Crippen LogP contribution is 2.39. The average molecular weight is 465 g/mol. The highest BCUT2D eigenvalue weighted by Gasteiger charge is 2.24. The van der Waals surface area contributed by atoms with Crippen molar-refractivity contribution in [3.63, 3.8) is 0 Å². The van der Waals surface area contributed by atoms with Crippen LogP contribution in [0.2, 0.25) is 0 Å². The molecule has 0 aliphatic heterocycles. The molecule has 0 radical (unpaired) electrons. The van der Waals surface area contributed by atoms with Crippen LogP contribution in [0.3, 0.4) is 0 Å². The summed E-state index contributed by atoms with van der Waals surface area (Å²) in [5.74, 6) is 0.292. The van der Waals surface area contributed by atoms with Gasteiger partial charge in [-0.25, -0.2) is 0 Å². The lowest BCUT2D eigenvalue weighted by atomic mass is 9.93. The van der Waals surface area contributed by atoms with Gasteiger partial charge in [0.2, 0.25) is 0 Å². The van der Waals surface area contributed by atoms with Gasteiger partial charge in [-0.2, -0.15) is 0 Å². The molecule has 0 aliphatic rings. The topological polar surface area (TPSA) is 102 Å². The lowest BCUT2D eigenvalue weighted by Gasteiger charge is -2.22. The van der Waals surface area contributed by atoms with Crippen LogP contribution < -0.4 is 9.47 Å². The second-order valence-electron chi connectivity index (χ2n) is 8.40. The number of aliphatic hydroxyl groups is 2. The molecule has 0 atom stereocenters. The van der Waals surface area contributed by atoms with Crippen LogP contribution in [-0.4, -0.2) is 36.4 Å². The molecule has 7 heteroatoms. The van der Waals surface area contributed by atoms with E-state index >= 15 is 0 Å². The van der Waals surface area contributed by atoms with E-state index in [0.29, 0.717) is 41.9 Å². The SMILES string of the molecule is COC(=O)CCCCCCCCC(=O)Oc1c(CC=C(C)C)c(C)c(OC)c(CO)c1CO. The summed E-state index contributed by atoms with van der Waals surface area (Å²) in [6.45, 7) is 5.14. The third-order valence-electron chi connectivity index (χ3n) is 5.67. The van der Waals surface area contributed by atoms with Crippen molar-refractivity contribution >= 4 is 11.9 Å². The molecule has 0 fully saturated rings. The van der Waals surface area contributed by atoms with Gasteiger partial charge in [0.15, 0.2) is 0 Å². The van der Waals surface area contributed by atoms with E-state index < -0.39 is 0 Å². The van der Waals surface area contributed by atoms with Crippen LogP contribution >= 0.6 is 0 Å². The monoisotopic (exact) mass is 464 g/mol. The maximum absolute atomic E-state index is 12.6. The summed E-state index contributed by atoms with van der Waals surface area (Å²) in [6, 6.07) is 0. The number of ether oxygens (including phenoxy) is 3. The molecular weight excluding hydrogens is 424 g/mol. The molecule has 0 aliphatic carbocycles. The smallest absolute Gasteiger partial charge is 0.311 e. The van der Waals surface area contributed by atoms with Crippen LogP contribution in [0.25, 0.3) is 0 Å². The van der Waals surface area contributed by atoms with Crippen LogP contribution in [0.5, 0.6) is 11.5 Å². The van der Waals surface area contributed by atoms with Crippen molar-refractivity contribution in [2.45, 2.75) is 91.8 Å². The summed E-state index contributed by atoms with van der Waals surface area (Å²) >= 11 is 0. The molecule has 0 unspecified atom stereocenters. The van der Waals surface area contributed by atoms with Crippen molar-refractivity contribution in [3.05, 3.63) is 33.9 Å². The molecule has 186 valence electrons. The lowest BCUT2D eigenvalue weighted by Crippen LogP contribution is -2.14. The molecular formula is C26H40O7. The zero-order valence-corrected chi connectivity index (χ0v) is 20.8. The van der Waals surface area contributed by atoms with Gasteiger partial charge >= 0.3 is 11.9 Å². The number of carbonyl (C=O) groups is 2. The normalized spacial score (nSPS) is 10.6. The van der Waals surface area contributed by atoms with Gasteiger partial charge in [-0.1, -0.05) is 37.3 Å². The van der Waals surface area contributed by atoms with Crippen molar-refractivity contribution in [3.8, 4) is 11.5 Å². The molecule has 2 N–H and O–H groups in total. The average Bonchev–Trinajstić information content (AvgIpc) is 2.79. The number of allylic oxidation sites excluding steroid dienone is 2. The number of aliphatic hydroxyl groups excluding tert-OH is 2. The first-order valence-electron chi connectivity index (χ1n) is 11.6. The van der Waals surface area contributed by atoms with Crippen molar-refractivity contribution in [2.75, 3.05) is 14.2 Å². The van der Waals surface area contributed by atoms with E-state index in [0.717, 1.165) is 48.8 Å². The summed E-state index contributed by atoms with van der Waals surface area (Å²) in [4.78, 5) is 23.7. The first-order chi connectivity index (χ1) is 15.8. The molecule has 1 aromatic carbocycles. The van der Waals surface area contributed by atoms with Gasteiger partial charge in [0.1, 0.15) is 11.5 Å². The summed E-state index contributed by atoms with van der Waals surface area (Å²) in [7, 11) is 2.92. The molecule has 1 aromatic rings. The van der Waals surface area contributed by atoms with Gasteiger partial charge in [0, 0.05) is 29.5 Å². The van der Waals surface area contributed by atoms with Gasteiger partial charge < -0.3 is 24.4 Å². The first-order valence-corrected chi connectivity index (χ1v) is 11.6. The Morgan fingerprint density at radius 1 is 0.788 bits per heavy atom. The molecule has 0 aromatic heterocycles. The lowest BCUT2D eigenvalue weighted by molar-refractivity contribution is -0.140. The van der Waals surface area contributed by atoms with Gasteiger partial charge in [-0.05, 0) is 45.6 Å². The molecule has 0 amide bonds. The van der Waals surface area contributed by atoms with E-state index in [4.69, 9.17) is 9.47 Å². The predicted molar refractivity (Wildman–Crippen MR) is 127 cm³/mol. The van der Waals surface area contributed by atoms with Gasteiger partial charge in [0.25, 0.3) is 0 Å². The Labute approximate surface area is 197 Å². The van der Waals surface area contributed by atoms with Gasteiger partial charge in [-0.3, -0.25) is 9.59 Å². The Morgan fingerprint density at radius 2 is 1.30 bits per heavy atom. The molecule has 0 heterocycles. The zero-order valence-electron chi connectivity index (χ0n) is 20.8. The standard InChI is InChI=1S/C26H40O7/c1-18(2)14-15-20-19(3)25(32-5)21(16-27)22(17-28)26(20)33-24(30)13-11-9-7-6-8-10-12-23(29)31-4/h14,27-28H,6-13,15-17H2,1-5H3. The van der Waals surface area contributed by atoms with Crippen LogP contribution in [0.15, 0.2) is 11.6 Å². The van der Waals surface area contributed by atoms with E-state index in [1.54, 1.807) is 0 Å². The van der Waals surface area contributed by atoms with E-state index in [1.807, 2.05) is 26.8 Å². The fourth-order valence-corrected chi connectivity index (χ4v) is 3.79. The fourth-order valence-electron chi connectivity index (χ4n) is 3.79. The van der Waals surface area contributed by atoms with Crippen LogP contribution in [0.4, 0.5) is 0 Å². The number of unbranched alkanes of at least 4 members (excludes halogenated alkanes) is 5. The Bertz CT molecular complexity index is 808. The number of methoxy groups -OCH3 is 2. The quantitative estimate of drug-likeness (QED) is 0.168. The number of hydrogen-bond donors (Lipinski definition) is 2. The van der Waals surface area contributed by atoms with Gasteiger partial charge in [0.05, 0.1) is 27.4 Å². The fraction of sp³-hybridized carbons (Fsp3) is 0.615. The minimum Gasteiger partial charge on any atom is -0.496 e. The summed E-state index contributed by atoms with van der Waals surface area (Å²) in [6.07, 6.45) is 8.64. The zero-order chi connectivity index (χ0) is 24.8. The Hall–Kier alpha value is -2.38. The van der Waals surface area contributed by atoms with E-state index in [-0.39, 0.29) is 31.6 Å². The number of hydrogen-bond acceptors (Lipinski definition) is 7. The maximum Gasteiger partial charge on any atom is 0.311 e. The molecule has 0 spiro atoms. The van der Waals surface area contributed by atoms with Crippen LogP contribution in [0, 0.1) is 6.92 Å². The second kappa shape index (κ2) is 15.5. The van der Waals surface area contributed by atoms with Crippen molar-refractivity contribution in [1.29, 1.82) is 0 Å². The molecule has 33 heavy (non-hydrogen) atoms. The molecule has 1 rings (SSSR count).